The Balaban J connectivity index is 2.31. The molecule has 0 saturated heterocycles. The van der Waals surface area contributed by atoms with E-state index >= 15 is 0 Å². The highest BCUT2D eigenvalue weighted by Crippen LogP contribution is 2.37. The lowest BCUT2D eigenvalue weighted by Crippen LogP contribution is -2.33. The molecular formula is C13H21NO. The lowest BCUT2D eigenvalue weighted by Gasteiger charge is -2.32. The van der Waals surface area contributed by atoms with E-state index in [9.17, 15) is 0 Å². The first-order chi connectivity index (χ1) is 6.91. The molecule has 0 aromatic rings. The Hall–Kier alpha value is -0.630. The first-order valence-corrected chi connectivity index (χ1v) is 5.84. The second-order valence-corrected chi connectivity index (χ2v) is 5.57. The minimum absolute atomic E-state index is 0.00492. The Bertz CT molecular complexity index is 336. The molecule has 2 rings (SSSR count). The molecule has 0 aromatic heterocycles. The van der Waals surface area contributed by atoms with Crippen molar-refractivity contribution in [2.75, 3.05) is 6.61 Å². The standard InChI is InChI=1S/C13H21NO/c1-8(2)12-11-7-15-13(4,5)6-10(11)9(3)14-12/h8-9H,6-7H2,1-5H3. The van der Waals surface area contributed by atoms with Crippen LogP contribution in [0.5, 0.6) is 0 Å². The second kappa shape index (κ2) is 3.44. The van der Waals surface area contributed by atoms with Gasteiger partial charge in [0.05, 0.1) is 18.2 Å². The maximum absolute atomic E-state index is 5.87. The van der Waals surface area contributed by atoms with Gasteiger partial charge in [-0.3, -0.25) is 4.99 Å². The van der Waals surface area contributed by atoms with Gasteiger partial charge in [-0.15, -0.1) is 0 Å². The van der Waals surface area contributed by atoms with Crippen LogP contribution in [-0.2, 0) is 4.74 Å². The fraction of sp³-hybridized carbons (Fsp3) is 0.769. The van der Waals surface area contributed by atoms with Crippen LogP contribution >= 0.6 is 0 Å². The van der Waals surface area contributed by atoms with Crippen molar-refractivity contribution in [2.45, 2.75) is 52.7 Å². The highest BCUT2D eigenvalue weighted by atomic mass is 16.5. The molecule has 2 heteroatoms. The van der Waals surface area contributed by atoms with E-state index in [-0.39, 0.29) is 5.60 Å². The third-order valence-corrected chi connectivity index (χ3v) is 3.30. The van der Waals surface area contributed by atoms with Gasteiger partial charge in [-0.2, -0.15) is 0 Å². The molecule has 0 aliphatic carbocycles. The van der Waals surface area contributed by atoms with E-state index < -0.39 is 0 Å². The van der Waals surface area contributed by atoms with Crippen LogP contribution in [0.1, 0.15) is 41.0 Å². The summed E-state index contributed by atoms with van der Waals surface area (Å²) in [5.41, 5.74) is 4.16. The summed E-state index contributed by atoms with van der Waals surface area (Å²) in [5.74, 6) is 0.518. The first-order valence-electron chi connectivity index (χ1n) is 5.84. The predicted octanol–water partition coefficient (Wildman–Crippen LogP) is 2.98. The smallest absolute Gasteiger partial charge is 0.0742 e. The third kappa shape index (κ3) is 1.87. The highest BCUT2D eigenvalue weighted by Gasteiger charge is 2.35. The molecular weight excluding hydrogens is 186 g/mol. The van der Waals surface area contributed by atoms with Gasteiger partial charge in [-0.25, -0.2) is 0 Å². The Morgan fingerprint density at radius 3 is 2.67 bits per heavy atom. The van der Waals surface area contributed by atoms with E-state index in [0.717, 1.165) is 13.0 Å². The molecule has 0 saturated carbocycles. The van der Waals surface area contributed by atoms with Crippen LogP contribution in [0.3, 0.4) is 0 Å². The summed E-state index contributed by atoms with van der Waals surface area (Å²) >= 11 is 0. The first kappa shape index (κ1) is 10.9. The van der Waals surface area contributed by atoms with Crippen molar-refractivity contribution in [1.82, 2.24) is 0 Å². The van der Waals surface area contributed by atoms with Crippen molar-refractivity contribution in [3.05, 3.63) is 11.1 Å². The average molecular weight is 207 g/mol. The Labute approximate surface area is 92.4 Å². The number of ether oxygens (including phenoxy) is 1. The number of hydrogen-bond acceptors (Lipinski definition) is 2. The van der Waals surface area contributed by atoms with E-state index in [2.05, 4.69) is 34.6 Å². The minimum atomic E-state index is -0.00492. The van der Waals surface area contributed by atoms with E-state index in [0.29, 0.717) is 12.0 Å². The number of hydrogen-bond donors (Lipinski definition) is 0. The van der Waals surface area contributed by atoms with Gasteiger partial charge in [0.25, 0.3) is 0 Å². The zero-order chi connectivity index (χ0) is 11.2. The normalized spacial score (nSPS) is 29.5. The molecule has 0 amide bonds. The molecule has 0 N–H and O–H groups in total. The molecule has 2 aliphatic heterocycles. The van der Waals surface area contributed by atoms with Gasteiger partial charge in [-0.05, 0) is 38.7 Å². The molecule has 0 spiro atoms. The SMILES string of the molecule is CC(C)C1=NC(C)C2=C1COC(C)(C)C2. The van der Waals surface area contributed by atoms with E-state index in [1.54, 1.807) is 0 Å². The largest absolute Gasteiger partial charge is 0.370 e. The highest BCUT2D eigenvalue weighted by molar-refractivity contribution is 6.04. The fourth-order valence-electron chi connectivity index (χ4n) is 2.48. The van der Waals surface area contributed by atoms with Crippen LogP contribution in [0.4, 0.5) is 0 Å². The lowest BCUT2D eigenvalue weighted by molar-refractivity contribution is -0.0126. The van der Waals surface area contributed by atoms with Gasteiger partial charge in [0.1, 0.15) is 0 Å². The molecule has 1 unspecified atom stereocenters. The van der Waals surface area contributed by atoms with Crippen molar-refractivity contribution in [3.63, 3.8) is 0 Å². The van der Waals surface area contributed by atoms with E-state index in [4.69, 9.17) is 9.73 Å². The van der Waals surface area contributed by atoms with Crippen molar-refractivity contribution in [1.29, 1.82) is 0 Å². The monoisotopic (exact) mass is 207 g/mol. The van der Waals surface area contributed by atoms with Crippen LogP contribution in [0.2, 0.25) is 0 Å². The summed E-state index contributed by atoms with van der Waals surface area (Å²) < 4.78 is 5.87. The van der Waals surface area contributed by atoms with Gasteiger partial charge < -0.3 is 4.74 Å². The second-order valence-electron chi connectivity index (χ2n) is 5.57. The molecule has 2 aliphatic rings. The number of aliphatic imine (C=N–C) groups is 1. The van der Waals surface area contributed by atoms with Crippen LogP contribution in [0.15, 0.2) is 16.1 Å². The summed E-state index contributed by atoms with van der Waals surface area (Å²) in [6.45, 7) is 11.7. The molecule has 0 fully saturated rings. The zero-order valence-corrected chi connectivity index (χ0v) is 10.4. The maximum atomic E-state index is 5.87. The third-order valence-electron chi connectivity index (χ3n) is 3.30. The molecule has 15 heavy (non-hydrogen) atoms. The summed E-state index contributed by atoms with van der Waals surface area (Å²) in [7, 11) is 0. The molecule has 0 radical (unpaired) electrons. The van der Waals surface area contributed by atoms with Gasteiger partial charge in [0, 0.05) is 11.3 Å². The topological polar surface area (TPSA) is 21.6 Å². The molecule has 2 nitrogen and oxygen atoms in total. The summed E-state index contributed by atoms with van der Waals surface area (Å²) in [4.78, 5) is 4.76. The molecule has 0 bridgehead atoms. The Kier molecular flexibility index (Phi) is 2.50. The van der Waals surface area contributed by atoms with Crippen molar-refractivity contribution in [3.8, 4) is 0 Å². The molecule has 2 heterocycles. The molecule has 1 atom stereocenters. The van der Waals surface area contributed by atoms with Crippen LogP contribution in [-0.4, -0.2) is 24.0 Å². The zero-order valence-electron chi connectivity index (χ0n) is 10.4. The van der Waals surface area contributed by atoms with E-state index in [1.807, 2.05) is 0 Å². The Morgan fingerprint density at radius 1 is 1.40 bits per heavy atom. The van der Waals surface area contributed by atoms with Gasteiger partial charge in [0.15, 0.2) is 0 Å². The average Bonchev–Trinajstić information content (AvgIpc) is 2.42. The fourth-order valence-corrected chi connectivity index (χ4v) is 2.48. The predicted molar refractivity (Wildman–Crippen MR) is 63.4 cm³/mol. The number of nitrogens with zero attached hydrogens (tertiary/aromatic N) is 1. The van der Waals surface area contributed by atoms with Crippen LogP contribution in [0.25, 0.3) is 0 Å². The van der Waals surface area contributed by atoms with Gasteiger partial charge >= 0.3 is 0 Å². The number of rotatable bonds is 1. The van der Waals surface area contributed by atoms with Crippen molar-refractivity contribution >= 4 is 5.71 Å². The summed E-state index contributed by atoms with van der Waals surface area (Å²) in [6.07, 6.45) is 1.03. The molecule has 84 valence electrons. The van der Waals surface area contributed by atoms with Gasteiger partial charge in [0.2, 0.25) is 0 Å². The lowest BCUT2D eigenvalue weighted by atomic mass is 9.87. The summed E-state index contributed by atoms with van der Waals surface area (Å²) in [5, 5.41) is 0. The van der Waals surface area contributed by atoms with Crippen molar-refractivity contribution in [2.24, 2.45) is 10.9 Å². The van der Waals surface area contributed by atoms with Crippen molar-refractivity contribution < 1.29 is 4.74 Å². The van der Waals surface area contributed by atoms with Crippen LogP contribution in [0, 0.1) is 5.92 Å². The summed E-state index contributed by atoms with van der Waals surface area (Å²) in [6, 6.07) is 0.376. The quantitative estimate of drug-likeness (QED) is 0.647. The van der Waals surface area contributed by atoms with Gasteiger partial charge in [-0.1, -0.05) is 13.8 Å². The van der Waals surface area contributed by atoms with E-state index in [1.165, 1.54) is 16.9 Å². The Morgan fingerprint density at radius 2 is 2.07 bits per heavy atom. The van der Waals surface area contributed by atoms with Crippen LogP contribution < -0.4 is 0 Å². The minimum Gasteiger partial charge on any atom is -0.370 e. The molecule has 0 aromatic carbocycles. The maximum Gasteiger partial charge on any atom is 0.0742 e.